The summed E-state index contributed by atoms with van der Waals surface area (Å²) in [5.41, 5.74) is 0. The highest BCUT2D eigenvalue weighted by atomic mass is 16.2. The fraction of sp³-hybridized carbons (Fsp3) is 0.923. The van der Waals surface area contributed by atoms with Gasteiger partial charge >= 0.3 is 0 Å². The van der Waals surface area contributed by atoms with Gasteiger partial charge in [0.1, 0.15) is 0 Å². The van der Waals surface area contributed by atoms with Gasteiger partial charge in [0.2, 0.25) is 5.91 Å². The van der Waals surface area contributed by atoms with Gasteiger partial charge in [0.15, 0.2) is 0 Å². The van der Waals surface area contributed by atoms with Crippen molar-refractivity contribution in [2.75, 3.05) is 13.1 Å². The zero-order valence-corrected chi connectivity index (χ0v) is 10.4. The molecule has 2 atom stereocenters. The van der Waals surface area contributed by atoms with Gasteiger partial charge < -0.3 is 10.2 Å². The lowest BCUT2D eigenvalue weighted by Gasteiger charge is -2.33. The second-order valence-corrected chi connectivity index (χ2v) is 5.35. The van der Waals surface area contributed by atoms with Gasteiger partial charge in [-0.1, -0.05) is 12.8 Å². The molecule has 0 spiro atoms. The topological polar surface area (TPSA) is 32.3 Å². The Morgan fingerprint density at radius 2 is 2.12 bits per heavy atom. The van der Waals surface area contributed by atoms with Crippen LogP contribution < -0.4 is 5.32 Å². The number of nitrogens with zero attached hydrogens (tertiary/aromatic N) is 1. The molecule has 3 nitrogen and oxygen atoms in total. The largest absolute Gasteiger partial charge is 0.341 e. The molecule has 1 N–H and O–H groups in total. The van der Waals surface area contributed by atoms with Gasteiger partial charge in [-0.3, -0.25) is 4.79 Å². The zero-order chi connectivity index (χ0) is 11.4. The number of carbonyl (C=O) groups excluding carboxylic acids is 1. The van der Waals surface area contributed by atoms with E-state index in [1.165, 1.54) is 32.1 Å². The summed E-state index contributed by atoms with van der Waals surface area (Å²) in [5, 5.41) is 3.61. The number of hydrogen-bond donors (Lipinski definition) is 1. The molecule has 0 bridgehead atoms. The summed E-state index contributed by atoms with van der Waals surface area (Å²) in [5.74, 6) is 0.373. The molecule has 2 rings (SSSR count). The average molecular weight is 224 g/mol. The van der Waals surface area contributed by atoms with Crippen LogP contribution in [0.5, 0.6) is 0 Å². The first kappa shape index (κ1) is 11.9. The third-order valence-corrected chi connectivity index (χ3v) is 3.82. The molecule has 0 aromatic heterocycles. The second-order valence-electron chi connectivity index (χ2n) is 5.35. The van der Waals surface area contributed by atoms with Crippen molar-refractivity contribution in [3.8, 4) is 0 Å². The number of nitrogens with one attached hydrogen (secondary N) is 1. The Morgan fingerprint density at radius 3 is 2.94 bits per heavy atom. The monoisotopic (exact) mass is 224 g/mol. The van der Waals surface area contributed by atoms with Crippen LogP contribution in [0.1, 0.15) is 51.9 Å². The molecule has 3 heteroatoms. The maximum absolute atomic E-state index is 11.9. The van der Waals surface area contributed by atoms with E-state index in [-0.39, 0.29) is 0 Å². The predicted octanol–water partition coefficient (Wildman–Crippen LogP) is 1.92. The van der Waals surface area contributed by atoms with Crippen LogP contribution in [0, 0.1) is 0 Å². The number of carbonyl (C=O) groups is 1. The van der Waals surface area contributed by atoms with E-state index in [1.807, 2.05) is 0 Å². The molecule has 0 saturated carbocycles. The first-order valence-electron chi connectivity index (χ1n) is 6.79. The fourth-order valence-corrected chi connectivity index (χ4v) is 2.88. The smallest absolute Gasteiger partial charge is 0.222 e. The lowest BCUT2D eigenvalue weighted by Crippen LogP contribution is -2.48. The molecule has 0 aliphatic carbocycles. The van der Waals surface area contributed by atoms with Crippen molar-refractivity contribution in [1.82, 2.24) is 10.2 Å². The molecule has 2 aliphatic heterocycles. The fourth-order valence-electron chi connectivity index (χ4n) is 2.88. The van der Waals surface area contributed by atoms with E-state index < -0.39 is 0 Å². The minimum absolute atomic E-state index is 0.373. The molecule has 2 heterocycles. The van der Waals surface area contributed by atoms with Gasteiger partial charge in [0, 0.05) is 31.6 Å². The van der Waals surface area contributed by atoms with Gasteiger partial charge in [-0.05, 0) is 32.6 Å². The number of likely N-dealkylation sites (tertiary alicyclic amines) is 1. The molecule has 0 radical (unpaired) electrons. The Balaban J connectivity index is 1.84. The van der Waals surface area contributed by atoms with Crippen molar-refractivity contribution in [2.45, 2.75) is 64.0 Å². The molecule has 0 aromatic carbocycles. The maximum atomic E-state index is 11.9. The standard InChI is InChI=1S/C13H24N2O/c1-11-6-5-7-12(14-11)10-15-9-4-2-3-8-13(15)16/h11-12,14H,2-10H2,1H3. The van der Waals surface area contributed by atoms with Crippen LogP contribution in [0.25, 0.3) is 0 Å². The number of amides is 1. The van der Waals surface area contributed by atoms with Crippen LogP contribution >= 0.6 is 0 Å². The number of rotatable bonds is 2. The van der Waals surface area contributed by atoms with Crippen LogP contribution in [0.2, 0.25) is 0 Å². The van der Waals surface area contributed by atoms with E-state index in [1.54, 1.807) is 0 Å². The second kappa shape index (κ2) is 5.67. The van der Waals surface area contributed by atoms with Crippen LogP contribution in [0.4, 0.5) is 0 Å². The van der Waals surface area contributed by atoms with Crippen molar-refractivity contribution >= 4 is 5.91 Å². The van der Waals surface area contributed by atoms with E-state index in [0.29, 0.717) is 18.0 Å². The molecule has 2 fully saturated rings. The summed E-state index contributed by atoms with van der Waals surface area (Å²) in [6, 6.07) is 1.16. The highest BCUT2D eigenvalue weighted by Crippen LogP contribution is 2.16. The summed E-state index contributed by atoms with van der Waals surface area (Å²) in [4.78, 5) is 14.0. The summed E-state index contributed by atoms with van der Waals surface area (Å²) >= 11 is 0. The highest BCUT2D eigenvalue weighted by Gasteiger charge is 2.23. The van der Waals surface area contributed by atoms with Crippen molar-refractivity contribution in [1.29, 1.82) is 0 Å². The molecular weight excluding hydrogens is 200 g/mol. The van der Waals surface area contributed by atoms with Crippen molar-refractivity contribution in [3.63, 3.8) is 0 Å². The first-order valence-corrected chi connectivity index (χ1v) is 6.79. The van der Waals surface area contributed by atoms with Crippen molar-refractivity contribution < 1.29 is 4.79 Å². The molecular formula is C13H24N2O. The number of hydrogen-bond acceptors (Lipinski definition) is 2. The Kier molecular flexibility index (Phi) is 4.22. The van der Waals surface area contributed by atoms with Crippen LogP contribution in [-0.2, 0) is 4.79 Å². The Bertz CT molecular complexity index is 242. The average Bonchev–Trinajstić information content (AvgIpc) is 2.45. The maximum Gasteiger partial charge on any atom is 0.222 e. The molecule has 2 unspecified atom stereocenters. The van der Waals surface area contributed by atoms with Crippen molar-refractivity contribution in [2.24, 2.45) is 0 Å². The van der Waals surface area contributed by atoms with Crippen LogP contribution in [0.15, 0.2) is 0 Å². The van der Waals surface area contributed by atoms with Gasteiger partial charge in [-0.2, -0.15) is 0 Å². The third kappa shape index (κ3) is 3.21. The third-order valence-electron chi connectivity index (χ3n) is 3.82. The minimum atomic E-state index is 0.373. The molecule has 1 amide bonds. The Labute approximate surface area is 98.6 Å². The van der Waals surface area contributed by atoms with Gasteiger partial charge in [-0.15, -0.1) is 0 Å². The van der Waals surface area contributed by atoms with Gasteiger partial charge in [0.25, 0.3) is 0 Å². The summed E-state index contributed by atoms with van der Waals surface area (Å²) < 4.78 is 0. The molecule has 0 aromatic rings. The minimum Gasteiger partial charge on any atom is -0.341 e. The predicted molar refractivity (Wildman–Crippen MR) is 65.3 cm³/mol. The molecule has 2 saturated heterocycles. The first-order chi connectivity index (χ1) is 7.75. The van der Waals surface area contributed by atoms with Gasteiger partial charge in [0.05, 0.1) is 0 Å². The highest BCUT2D eigenvalue weighted by molar-refractivity contribution is 5.76. The Hall–Kier alpha value is -0.570. The zero-order valence-electron chi connectivity index (χ0n) is 10.4. The van der Waals surface area contributed by atoms with E-state index in [2.05, 4.69) is 17.1 Å². The molecule has 92 valence electrons. The Morgan fingerprint density at radius 1 is 1.25 bits per heavy atom. The van der Waals surface area contributed by atoms with Crippen molar-refractivity contribution in [3.05, 3.63) is 0 Å². The lowest BCUT2D eigenvalue weighted by molar-refractivity contribution is -0.131. The SMILES string of the molecule is CC1CCCC(CN2CCCCCC2=O)N1. The molecule has 16 heavy (non-hydrogen) atoms. The lowest BCUT2D eigenvalue weighted by atomic mass is 9.99. The normalized spacial score (nSPS) is 32.6. The quantitative estimate of drug-likeness (QED) is 0.777. The summed E-state index contributed by atoms with van der Waals surface area (Å²) in [6.45, 7) is 4.16. The molecule has 2 aliphatic rings. The van der Waals surface area contributed by atoms with Gasteiger partial charge in [-0.25, -0.2) is 0 Å². The summed E-state index contributed by atoms with van der Waals surface area (Å²) in [7, 11) is 0. The number of piperidine rings is 1. The van der Waals surface area contributed by atoms with Crippen LogP contribution in [-0.4, -0.2) is 36.0 Å². The van der Waals surface area contributed by atoms with Crippen LogP contribution in [0.3, 0.4) is 0 Å². The van der Waals surface area contributed by atoms with E-state index >= 15 is 0 Å². The van der Waals surface area contributed by atoms with E-state index in [9.17, 15) is 4.79 Å². The van der Waals surface area contributed by atoms with E-state index in [0.717, 1.165) is 25.9 Å². The summed E-state index contributed by atoms with van der Waals surface area (Å²) in [6.07, 6.45) is 8.08. The van der Waals surface area contributed by atoms with E-state index in [4.69, 9.17) is 0 Å².